The second-order valence-electron chi connectivity index (χ2n) is 3.31. The highest BCUT2D eigenvalue weighted by Gasteiger charge is 2.03. The number of hydrogen-bond acceptors (Lipinski definition) is 2. The molecule has 0 aromatic carbocycles. The van der Waals surface area contributed by atoms with Crippen molar-refractivity contribution in [1.82, 2.24) is 4.98 Å². The lowest BCUT2D eigenvalue weighted by Crippen LogP contribution is -1.89. The van der Waals surface area contributed by atoms with Gasteiger partial charge in [0.25, 0.3) is 0 Å². The maximum absolute atomic E-state index is 4.20. The van der Waals surface area contributed by atoms with Crippen LogP contribution >= 0.6 is 11.3 Å². The standard InChI is InChI=1S/C12H15NS/c1-5-10(9(3)4)7-12-11(6-2)13-8-14-12/h5-9H,1-2H2,3-4H3/b10-7+. The molecule has 0 aliphatic carbocycles. The predicted octanol–water partition coefficient (Wildman–Crippen LogP) is 4.01. The lowest BCUT2D eigenvalue weighted by molar-refractivity contribution is 0.798. The first kappa shape index (κ1) is 10.9. The van der Waals surface area contributed by atoms with Crippen molar-refractivity contribution in [2.45, 2.75) is 13.8 Å². The van der Waals surface area contributed by atoms with Crippen LogP contribution in [0.3, 0.4) is 0 Å². The molecule has 0 aliphatic rings. The number of rotatable bonds is 4. The number of allylic oxidation sites excluding steroid dienone is 2. The van der Waals surface area contributed by atoms with Gasteiger partial charge in [0.1, 0.15) is 0 Å². The summed E-state index contributed by atoms with van der Waals surface area (Å²) in [6.45, 7) is 11.8. The van der Waals surface area contributed by atoms with Gasteiger partial charge in [-0.25, -0.2) is 4.98 Å². The SMILES string of the molecule is C=C/C(=C\c1scnc1C=C)C(C)C. The van der Waals surface area contributed by atoms with Crippen LogP contribution in [0, 0.1) is 5.92 Å². The summed E-state index contributed by atoms with van der Waals surface area (Å²) in [5, 5.41) is 0. The molecule has 0 amide bonds. The molecular weight excluding hydrogens is 190 g/mol. The Labute approximate surface area is 89.5 Å². The fraction of sp³-hybridized carbons (Fsp3) is 0.250. The zero-order chi connectivity index (χ0) is 10.6. The minimum absolute atomic E-state index is 0.493. The third kappa shape index (κ3) is 2.42. The van der Waals surface area contributed by atoms with Gasteiger partial charge in [0.2, 0.25) is 0 Å². The van der Waals surface area contributed by atoms with Gasteiger partial charge in [-0.05, 0) is 23.6 Å². The molecule has 0 saturated carbocycles. The van der Waals surface area contributed by atoms with Gasteiger partial charge in [0.15, 0.2) is 0 Å². The van der Waals surface area contributed by atoms with Crippen LogP contribution in [0.25, 0.3) is 12.2 Å². The van der Waals surface area contributed by atoms with E-state index in [1.807, 2.05) is 11.6 Å². The van der Waals surface area contributed by atoms with Crippen molar-refractivity contribution in [2.75, 3.05) is 0 Å². The quantitative estimate of drug-likeness (QED) is 0.677. The zero-order valence-electron chi connectivity index (χ0n) is 8.66. The molecule has 1 nitrogen and oxygen atoms in total. The number of thiazole rings is 1. The van der Waals surface area contributed by atoms with Gasteiger partial charge in [0, 0.05) is 0 Å². The van der Waals surface area contributed by atoms with Crippen LogP contribution in [0.4, 0.5) is 0 Å². The van der Waals surface area contributed by atoms with Crippen LogP contribution in [0.1, 0.15) is 24.4 Å². The summed E-state index contributed by atoms with van der Waals surface area (Å²) in [6.07, 6.45) is 5.81. The van der Waals surface area contributed by atoms with Gasteiger partial charge in [-0.2, -0.15) is 0 Å². The van der Waals surface area contributed by atoms with E-state index in [1.54, 1.807) is 17.4 Å². The first-order valence-corrected chi connectivity index (χ1v) is 5.47. The molecule has 1 rings (SSSR count). The van der Waals surface area contributed by atoms with E-state index < -0.39 is 0 Å². The summed E-state index contributed by atoms with van der Waals surface area (Å²) in [5.74, 6) is 0.493. The fourth-order valence-electron chi connectivity index (χ4n) is 1.14. The molecule has 14 heavy (non-hydrogen) atoms. The van der Waals surface area contributed by atoms with E-state index in [4.69, 9.17) is 0 Å². The van der Waals surface area contributed by atoms with Crippen LogP contribution in [0.5, 0.6) is 0 Å². The fourth-order valence-corrected chi connectivity index (χ4v) is 1.88. The predicted molar refractivity (Wildman–Crippen MR) is 65.2 cm³/mol. The van der Waals surface area contributed by atoms with E-state index in [0.717, 1.165) is 10.6 Å². The van der Waals surface area contributed by atoms with Crippen LogP contribution in [0.2, 0.25) is 0 Å². The summed E-state index contributed by atoms with van der Waals surface area (Å²) >= 11 is 1.63. The van der Waals surface area contributed by atoms with E-state index in [1.165, 1.54) is 5.57 Å². The third-order valence-corrected chi connectivity index (χ3v) is 2.81. The average Bonchev–Trinajstić information content (AvgIpc) is 2.60. The average molecular weight is 205 g/mol. The second kappa shape index (κ2) is 4.91. The zero-order valence-corrected chi connectivity index (χ0v) is 9.47. The maximum atomic E-state index is 4.20. The lowest BCUT2D eigenvalue weighted by Gasteiger charge is -2.04. The van der Waals surface area contributed by atoms with Crippen molar-refractivity contribution < 1.29 is 0 Å². The summed E-state index contributed by atoms with van der Waals surface area (Å²) in [5.41, 5.74) is 4.02. The number of nitrogens with zero attached hydrogens (tertiary/aromatic N) is 1. The molecular formula is C12H15NS. The van der Waals surface area contributed by atoms with Gasteiger partial charge >= 0.3 is 0 Å². The van der Waals surface area contributed by atoms with Gasteiger partial charge in [-0.3, -0.25) is 0 Å². The van der Waals surface area contributed by atoms with Crippen molar-refractivity contribution in [3.63, 3.8) is 0 Å². The van der Waals surface area contributed by atoms with E-state index in [-0.39, 0.29) is 0 Å². The van der Waals surface area contributed by atoms with E-state index in [0.29, 0.717) is 5.92 Å². The molecule has 0 unspecified atom stereocenters. The molecule has 0 spiro atoms. The highest BCUT2D eigenvalue weighted by atomic mass is 32.1. The van der Waals surface area contributed by atoms with Crippen molar-refractivity contribution in [3.05, 3.63) is 40.9 Å². The third-order valence-electron chi connectivity index (χ3n) is 2.02. The van der Waals surface area contributed by atoms with Crippen molar-refractivity contribution in [2.24, 2.45) is 5.92 Å². The Morgan fingerprint density at radius 1 is 1.50 bits per heavy atom. The Kier molecular flexibility index (Phi) is 3.84. The first-order chi connectivity index (χ1) is 6.69. The Morgan fingerprint density at radius 3 is 2.71 bits per heavy atom. The van der Waals surface area contributed by atoms with E-state index in [2.05, 4.69) is 38.1 Å². The van der Waals surface area contributed by atoms with E-state index in [9.17, 15) is 0 Å². The molecule has 1 heterocycles. The summed E-state index contributed by atoms with van der Waals surface area (Å²) in [4.78, 5) is 5.36. The molecule has 0 N–H and O–H groups in total. The Morgan fingerprint density at radius 2 is 2.21 bits per heavy atom. The Hall–Kier alpha value is -1.15. The normalized spacial score (nSPS) is 11.8. The van der Waals surface area contributed by atoms with E-state index >= 15 is 0 Å². The van der Waals surface area contributed by atoms with Crippen LogP contribution in [0.15, 0.2) is 30.3 Å². The highest BCUT2D eigenvalue weighted by molar-refractivity contribution is 7.10. The molecule has 0 bridgehead atoms. The van der Waals surface area contributed by atoms with Gasteiger partial charge in [-0.15, -0.1) is 11.3 Å². The number of aromatic nitrogens is 1. The van der Waals surface area contributed by atoms with Gasteiger partial charge < -0.3 is 0 Å². The molecule has 0 radical (unpaired) electrons. The minimum atomic E-state index is 0.493. The van der Waals surface area contributed by atoms with Gasteiger partial charge in [-0.1, -0.05) is 33.1 Å². The second-order valence-corrected chi connectivity index (χ2v) is 4.20. The van der Waals surface area contributed by atoms with Gasteiger partial charge in [0.05, 0.1) is 16.1 Å². The molecule has 2 heteroatoms. The Balaban J connectivity index is 3.05. The highest BCUT2D eigenvalue weighted by Crippen LogP contribution is 2.21. The molecule has 0 aliphatic heterocycles. The Bertz CT molecular complexity index is 358. The minimum Gasteiger partial charge on any atom is -0.245 e. The molecule has 0 saturated heterocycles. The molecule has 1 aromatic heterocycles. The molecule has 74 valence electrons. The largest absolute Gasteiger partial charge is 0.245 e. The maximum Gasteiger partial charge on any atom is 0.0806 e. The molecule has 1 aromatic rings. The summed E-state index contributed by atoms with van der Waals surface area (Å²) < 4.78 is 0. The molecule has 0 atom stereocenters. The van der Waals surface area contributed by atoms with Crippen LogP contribution in [-0.2, 0) is 0 Å². The van der Waals surface area contributed by atoms with Crippen molar-refractivity contribution in [3.8, 4) is 0 Å². The first-order valence-electron chi connectivity index (χ1n) is 4.59. The van der Waals surface area contributed by atoms with Crippen LogP contribution < -0.4 is 0 Å². The lowest BCUT2D eigenvalue weighted by atomic mass is 10.0. The molecule has 0 fully saturated rings. The van der Waals surface area contributed by atoms with Crippen LogP contribution in [-0.4, -0.2) is 4.98 Å². The van der Waals surface area contributed by atoms with Crippen molar-refractivity contribution in [1.29, 1.82) is 0 Å². The smallest absolute Gasteiger partial charge is 0.0806 e. The monoisotopic (exact) mass is 205 g/mol. The summed E-state index contributed by atoms with van der Waals surface area (Å²) in [6, 6.07) is 0. The number of hydrogen-bond donors (Lipinski definition) is 0. The summed E-state index contributed by atoms with van der Waals surface area (Å²) in [7, 11) is 0. The van der Waals surface area contributed by atoms with Crippen molar-refractivity contribution >= 4 is 23.5 Å². The topological polar surface area (TPSA) is 12.9 Å².